The van der Waals surface area contributed by atoms with Gasteiger partial charge in [0.05, 0.1) is 0 Å². The van der Waals surface area contributed by atoms with Gasteiger partial charge in [0.2, 0.25) is 0 Å². The molecule has 1 heterocycles. The van der Waals surface area contributed by atoms with Gasteiger partial charge in [-0.25, -0.2) is 9.97 Å². The predicted molar refractivity (Wildman–Crippen MR) is 92.6 cm³/mol. The summed E-state index contributed by atoms with van der Waals surface area (Å²) in [7, 11) is 3.95. The molecule has 6 nitrogen and oxygen atoms in total. The third kappa shape index (κ3) is 6.36. The van der Waals surface area contributed by atoms with Crippen LogP contribution < -0.4 is 10.6 Å². The van der Waals surface area contributed by atoms with Crippen LogP contribution in [-0.2, 0) is 0 Å². The van der Waals surface area contributed by atoms with Crippen LogP contribution in [0.5, 0.6) is 0 Å². The van der Waals surface area contributed by atoms with Crippen molar-refractivity contribution in [2.24, 2.45) is 0 Å². The summed E-state index contributed by atoms with van der Waals surface area (Å²) in [6.07, 6.45) is 9.86. The number of rotatable bonds is 8. The topological polar surface area (TPSA) is 70.2 Å². The largest absolute Gasteiger partial charge is 0.370 e. The number of hydrogen-bond donors (Lipinski definition) is 2. The van der Waals surface area contributed by atoms with E-state index < -0.39 is 0 Å². The molecule has 0 fully saturated rings. The average molecular weight is 317 g/mol. The van der Waals surface area contributed by atoms with Gasteiger partial charge < -0.3 is 15.5 Å². The summed E-state index contributed by atoms with van der Waals surface area (Å²) < 4.78 is 0. The Kier molecular flexibility index (Phi) is 7.00. The van der Waals surface area contributed by atoms with Crippen LogP contribution in [0.3, 0.4) is 0 Å². The molecule has 1 aromatic rings. The van der Waals surface area contributed by atoms with Crippen LogP contribution in [0.1, 0.15) is 42.6 Å². The minimum Gasteiger partial charge on any atom is -0.370 e. The molecule has 1 amide bonds. The van der Waals surface area contributed by atoms with E-state index in [-0.39, 0.29) is 5.91 Å². The zero-order chi connectivity index (χ0) is 16.5. The van der Waals surface area contributed by atoms with Crippen LogP contribution in [-0.4, -0.2) is 54.5 Å². The van der Waals surface area contributed by atoms with Crippen molar-refractivity contribution in [3.05, 3.63) is 29.7 Å². The van der Waals surface area contributed by atoms with Crippen LogP contribution in [0.2, 0.25) is 0 Å². The minimum atomic E-state index is -0.160. The van der Waals surface area contributed by atoms with Gasteiger partial charge in [-0.3, -0.25) is 4.79 Å². The van der Waals surface area contributed by atoms with Crippen molar-refractivity contribution in [2.75, 3.05) is 39.0 Å². The zero-order valence-corrected chi connectivity index (χ0v) is 14.1. The van der Waals surface area contributed by atoms with Crippen molar-refractivity contribution >= 4 is 11.7 Å². The molecule has 0 saturated carbocycles. The highest BCUT2D eigenvalue weighted by Crippen LogP contribution is 2.19. The summed E-state index contributed by atoms with van der Waals surface area (Å²) in [6.45, 7) is 2.24. The summed E-state index contributed by atoms with van der Waals surface area (Å²) >= 11 is 0. The lowest BCUT2D eigenvalue weighted by atomic mass is 9.97. The molecular weight excluding hydrogens is 290 g/mol. The molecule has 23 heavy (non-hydrogen) atoms. The highest BCUT2D eigenvalue weighted by Gasteiger charge is 2.08. The Morgan fingerprint density at radius 1 is 1.26 bits per heavy atom. The first-order valence-corrected chi connectivity index (χ1v) is 8.32. The number of amides is 1. The fraction of sp³-hybridized carbons (Fsp3) is 0.588. The number of carbonyl (C=O) groups is 1. The molecule has 2 N–H and O–H groups in total. The van der Waals surface area contributed by atoms with Gasteiger partial charge in [0.25, 0.3) is 5.91 Å². The number of hydrogen-bond acceptors (Lipinski definition) is 5. The number of anilines is 1. The Morgan fingerprint density at radius 2 is 2.13 bits per heavy atom. The minimum absolute atomic E-state index is 0.160. The van der Waals surface area contributed by atoms with E-state index in [1.54, 1.807) is 6.07 Å². The van der Waals surface area contributed by atoms with Gasteiger partial charge in [-0.1, -0.05) is 11.6 Å². The Balaban J connectivity index is 1.79. The molecule has 126 valence electrons. The van der Waals surface area contributed by atoms with Crippen LogP contribution in [0.25, 0.3) is 0 Å². The molecule has 0 aliphatic heterocycles. The van der Waals surface area contributed by atoms with E-state index in [2.05, 4.69) is 26.7 Å². The fourth-order valence-corrected chi connectivity index (χ4v) is 2.54. The molecule has 0 spiro atoms. The van der Waals surface area contributed by atoms with Crippen LogP contribution in [0, 0.1) is 0 Å². The number of nitrogens with zero attached hydrogens (tertiary/aromatic N) is 3. The smallest absolute Gasteiger partial charge is 0.270 e. The van der Waals surface area contributed by atoms with Crippen molar-refractivity contribution in [3.63, 3.8) is 0 Å². The number of carbonyl (C=O) groups excluding carboxylic acids is 1. The summed E-state index contributed by atoms with van der Waals surface area (Å²) in [5.74, 6) is 0.543. The van der Waals surface area contributed by atoms with Gasteiger partial charge in [0, 0.05) is 25.7 Å². The highest BCUT2D eigenvalue weighted by molar-refractivity contribution is 5.92. The van der Waals surface area contributed by atoms with Crippen LogP contribution in [0.15, 0.2) is 24.0 Å². The summed E-state index contributed by atoms with van der Waals surface area (Å²) in [6, 6.07) is 1.71. The Bertz CT molecular complexity index is 542. The molecule has 0 unspecified atom stereocenters. The molecule has 0 aromatic carbocycles. The third-order valence-corrected chi connectivity index (χ3v) is 3.88. The van der Waals surface area contributed by atoms with Gasteiger partial charge in [0.1, 0.15) is 17.8 Å². The number of aromatic nitrogens is 2. The van der Waals surface area contributed by atoms with Gasteiger partial charge in [-0.15, -0.1) is 0 Å². The molecule has 1 aliphatic rings. The van der Waals surface area contributed by atoms with Gasteiger partial charge in [-0.2, -0.15) is 0 Å². The Morgan fingerprint density at radius 3 is 2.87 bits per heavy atom. The van der Waals surface area contributed by atoms with E-state index >= 15 is 0 Å². The van der Waals surface area contributed by atoms with Crippen LogP contribution in [0.4, 0.5) is 5.82 Å². The number of allylic oxidation sites excluding steroid dienone is 1. The molecule has 0 radical (unpaired) electrons. The van der Waals surface area contributed by atoms with E-state index in [9.17, 15) is 4.79 Å². The van der Waals surface area contributed by atoms with E-state index in [1.807, 2.05) is 19.0 Å². The quantitative estimate of drug-likeness (QED) is 0.718. The summed E-state index contributed by atoms with van der Waals surface area (Å²) in [5.41, 5.74) is 1.93. The first kappa shape index (κ1) is 17.4. The van der Waals surface area contributed by atoms with Crippen LogP contribution >= 0.6 is 0 Å². The Labute approximate surface area is 138 Å². The summed E-state index contributed by atoms with van der Waals surface area (Å²) in [5, 5.41) is 6.14. The molecule has 1 aromatic heterocycles. The number of likely N-dealkylation sites (N-methyl/N-ethyl adjacent to an activating group) is 1. The normalized spacial score (nSPS) is 14.5. The molecule has 1 aliphatic carbocycles. The van der Waals surface area contributed by atoms with Gasteiger partial charge in [-0.05, 0) is 46.2 Å². The molecule has 0 bridgehead atoms. The van der Waals surface area contributed by atoms with Gasteiger partial charge in [0.15, 0.2) is 0 Å². The maximum absolute atomic E-state index is 12.0. The van der Waals surface area contributed by atoms with Crippen molar-refractivity contribution in [3.8, 4) is 0 Å². The second-order valence-corrected chi connectivity index (χ2v) is 6.13. The van der Waals surface area contributed by atoms with Crippen molar-refractivity contribution in [1.29, 1.82) is 0 Å². The zero-order valence-electron chi connectivity index (χ0n) is 14.1. The predicted octanol–water partition coefficient (Wildman–Crippen LogP) is 2.07. The van der Waals surface area contributed by atoms with Crippen molar-refractivity contribution in [1.82, 2.24) is 20.2 Å². The molecular formula is C17H27N5O. The van der Waals surface area contributed by atoms with E-state index in [1.165, 1.54) is 37.6 Å². The third-order valence-electron chi connectivity index (χ3n) is 3.88. The monoisotopic (exact) mass is 317 g/mol. The maximum Gasteiger partial charge on any atom is 0.270 e. The molecule has 0 saturated heterocycles. The summed E-state index contributed by atoms with van der Waals surface area (Å²) in [4.78, 5) is 22.3. The van der Waals surface area contributed by atoms with Gasteiger partial charge >= 0.3 is 0 Å². The first-order chi connectivity index (χ1) is 11.1. The van der Waals surface area contributed by atoms with E-state index in [0.29, 0.717) is 18.1 Å². The van der Waals surface area contributed by atoms with E-state index in [0.717, 1.165) is 19.5 Å². The lowest BCUT2D eigenvalue weighted by molar-refractivity contribution is 0.0946. The standard InChI is InChI=1S/C17H27N5O/c1-22(2)11-10-19-17(23)15-12-16(21-13-20-15)18-9-8-14-6-4-3-5-7-14/h6,12-13H,3-5,7-11H2,1-2H3,(H,19,23)(H,18,20,21). The second-order valence-electron chi connectivity index (χ2n) is 6.13. The van der Waals surface area contributed by atoms with Crippen molar-refractivity contribution < 1.29 is 4.79 Å². The first-order valence-electron chi connectivity index (χ1n) is 8.32. The molecule has 0 atom stereocenters. The SMILES string of the molecule is CN(C)CCNC(=O)c1cc(NCCC2=CCCCC2)ncn1. The lowest BCUT2D eigenvalue weighted by Gasteiger charge is -2.13. The fourth-order valence-electron chi connectivity index (χ4n) is 2.54. The second kappa shape index (κ2) is 9.25. The Hall–Kier alpha value is -1.95. The van der Waals surface area contributed by atoms with E-state index in [4.69, 9.17) is 0 Å². The average Bonchev–Trinajstić information content (AvgIpc) is 2.56. The molecule has 2 rings (SSSR count). The highest BCUT2D eigenvalue weighted by atomic mass is 16.1. The maximum atomic E-state index is 12.0. The number of nitrogens with one attached hydrogen (secondary N) is 2. The molecule has 6 heteroatoms. The van der Waals surface area contributed by atoms with Crippen molar-refractivity contribution in [2.45, 2.75) is 32.1 Å². The lowest BCUT2D eigenvalue weighted by Crippen LogP contribution is -2.31.